The summed E-state index contributed by atoms with van der Waals surface area (Å²) in [6.07, 6.45) is 3.68. The van der Waals surface area contributed by atoms with Gasteiger partial charge in [-0.1, -0.05) is 48.0 Å². The SMILES string of the molecule is Cc1cc(C)c(/C=C(\C=N/NC(N)=O)c2ccccc2)c(C)c1. The number of rotatable bonds is 4. The Labute approximate surface area is 136 Å². The molecule has 0 aromatic heterocycles. The molecule has 0 aliphatic heterocycles. The number of nitrogens with two attached hydrogens (primary N) is 1. The molecule has 0 fully saturated rings. The van der Waals surface area contributed by atoms with Gasteiger partial charge in [0.15, 0.2) is 0 Å². The van der Waals surface area contributed by atoms with Crippen LogP contribution >= 0.6 is 0 Å². The Morgan fingerprint density at radius 3 is 2.26 bits per heavy atom. The molecule has 0 atom stereocenters. The van der Waals surface area contributed by atoms with Gasteiger partial charge in [0.1, 0.15) is 0 Å². The van der Waals surface area contributed by atoms with Crippen LogP contribution in [0.3, 0.4) is 0 Å². The molecule has 0 radical (unpaired) electrons. The van der Waals surface area contributed by atoms with Crippen molar-refractivity contribution in [3.63, 3.8) is 0 Å². The van der Waals surface area contributed by atoms with E-state index in [0.717, 1.165) is 16.7 Å². The normalized spacial score (nSPS) is 11.7. The molecule has 3 N–H and O–H groups in total. The van der Waals surface area contributed by atoms with Crippen LogP contribution in [0.5, 0.6) is 0 Å². The zero-order chi connectivity index (χ0) is 16.8. The van der Waals surface area contributed by atoms with E-state index in [-0.39, 0.29) is 0 Å². The number of hydrazone groups is 1. The lowest BCUT2D eigenvalue weighted by molar-refractivity contribution is 0.249. The van der Waals surface area contributed by atoms with Crippen LogP contribution in [-0.4, -0.2) is 12.2 Å². The van der Waals surface area contributed by atoms with E-state index in [4.69, 9.17) is 5.73 Å². The number of allylic oxidation sites excluding steroid dienone is 1. The van der Waals surface area contributed by atoms with Gasteiger partial charge in [0, 0.05) is 5.57 Å². The van der Waals surface area contributed by atoms with Crippen molar-refractivity contribution < 1.29 is 4.79 Å². The third-order valence-corrected chi connectivity index (χ3v) is 3.52. The number of nitrogens with zero attached hydrogens (tertiary/aromatic N) is 1. The van der Waals surface area contributed by atoms with Gasteiger partial charge in [-0.2, -0.15) is 5.10 Å². The van der Waals surface area contributed by atoms with E-state index in [0.29, 0.717) is 0 Å². The first-order chi connectivity index (χ1) is 11.0. The van der Waals surface area contributed by atoms with Crippen LogP contribution in [0.4, 0.5) is 4.79 Å². The first-order valence-corrected chi connectivity index (χ1v) is 7.41. The minimum absolute atomic E-state index is 0.684. The fraction of sp³-hybridized carbons (Fsp3) is 0.158. The lowest BCUT2D eigenvalue weighted by Gasteiger charge is -2.10. The molecule has 4 heteroatoms. The van der Waals surface area contributed by atoms with Crippen LogP contribution in [0.1, 0.15) is 27.8 Å². The van der Waals surface area contributed by atoms with Gasteiger partial charge in [0.05, 0.1) is 6.21 Å². The number of nitrogens with one attached hydrogen (secondary N) is 1. The standard InChI is InChI=1S/C19H21N3O/c1-13-9-14(2)18(15(3)10-13)11-17(12-21-22-19(20)23)16-7-5-4-6-8-16/h4-12H,1-3H3,(H3,20,22,23)/b17-11+,21-12-. The van der Waals surface area contributed by atoms with E-state index >= 15 is 0 Å². The molecule has 0 heterocycles. The van der Waals surface area contributed by atoms with Crippen molar-refractivity contribution in [3.8, 4) is 0 Å². The Balaban J connectivity index is 2.49. The lowest BCUT2D eigenvalue weighted by atomic mass is 9.96. The molecule has 0 saturated heterocycles. The van der Waals surface area contributed by atoms with E-state index < -0.39 is 6.03 Å². The average Bonchev–Trinajstić information content (AvgIpc) is 2.49. The average molecular weight is 307 g/mol. The maximum Gasteiger partial charge on any atom is 0.332 e. The summed E-state index contributed by atoms with van der Waals surface area (Å²) in [5.41, 5.74) is 14.0. The maximum atomic E-state index is 10.8. The summed E-state index contributed by atoms with van der Waals surface area (Å²) in [7, 11) is 0. The second-order valence-corrected chi connectivity index (χ2v) is 5.51. The number of aryl methyl sites for hydroxylation is 3. The third-order valence-electron chi connectivity index (χ3n) is 3.52. The second-order valence-electron chi connectivity index (χ2n) is 5.51. The van der Waals surface area contributed by atoms with Gasteiger partial charge in [-0.05, 0) is 49.1 Å². The molecule has 0 spiro atoms. The molecule has 0 bridgehead atoms. The van der Waals surface area contributed by atoms with Crippen LogP contribution < -0.4 is 11.2 Å². The number of carbonyl (C=O) groups excluding carboxylic acids is 1. The van der Waals surface area contributed by atoms with Gasteiger partial charge in [-0.15, -0.1) is 0 Å². The molecule has 2 rings (SSSR count). The van der Waals surface area contributed by atoms with Crippen LogP contribution in [0.15, 0.2) is 47.6 Å². The van der Waals surface area contributed by atoms with Gasteiger partial charge >= 0.3 is 6.03 Å². The zero-order valence-electron chi connectivity index (χ0n) is 13.6. The van der Waals surface area contributed by atoms with Crippen molar-refractivity contribution >= 4 is 23.9 Å². The fourth-order valence-corrected chi connectivity index (χ4v) is 2.57. The summed E-state index contributed by atoms with van der Waals surface area (Å²) in [6.45, 7) is 6.27. The molecule has 0 aliphatic carbocycles. The molecule has 0 aliphatic rings. The highest BCUT2D eigenvalue weighted by Crippen LogP contribution is 2.23. The molecule has 2 aromatic carbocycles. The number of urea groups is 1. The van der Waals surface area contributed by atoms with Gasteiger partial charge in [-0.25, -0.2) is 10.2 Å². The second kappa shape index (κ2) is 7.40. The van der Waals surface area contributed by atoms with E-state index in [9.17, 15) is 4.79 Å². The number of benzene rings is 2. The Kier molecular flexibility index (Phi) is 5.31. The number of hydrogen-bond acceptors (Lipinski definition) is 2. The molecule has 4 nitrogen and oxygen atoms in total. The minimum atomic E-state index is -0.684. The summed E-state index contributed by atoms with van der Waals surface area (Å²) in [5, 5.41) is 3.90. The minimum Gasteiger partial charge on any atom is -0.350 e. The lowest BCUT2D eigenvalue weighted by Crippen LogP contribution is -2.24. The Bertz CT molecular complexity index is 738. The van der Waals surface area contributed by atoms with Gasteiger partial charge in [0.2, 0.25) is 0 Å². The summed E-state index contributed by atoms with van der Waals surface area (Å²) in [6, 6.07) is 13.5. The number of amides is 2. The number of hydrogen-bond donors (Lipinski definition) is 2. The van der Waals surface area contributed by atoms with E-state index in [2.05, 4.69) is 49.5 Å². The van der Waals surface area contributed by atoms with Crippen LogP contribution in [0.25, 0.3) is 11.6 Å². The smallest absolute Gasteiger partial charge is 0.332 e. The highest BCUT2D eigenvalue weighted by molar-refractivity contribution is 6.16. The van der Waals surface area contributed by atoms with Gasteiger partial charge < -0.3 is 5.73 Å². The fourth-order valence-electron chi connectivity index (χ4n) is 2.57. The quantitative estimate of drug-likeness (QED) is 0.503. The Hall–Kier alpha value is -2.88. The van der Waals surface area contributed by atoms with Crippen LogP contribution in [0.2, 0.25) is 0 Å². The number of carbonyl (C=O) groups is 1. The summed E-state index contributed by atoms with van der Waals surface area (Å²) in [4.78, 5) is 10.8. The van der Waals surface area contributed by atoms with E-state index in [1.807, 2.05) is 30.3 Å². The summed E-state index contributed by atoms with van der Waals surface area (Å²) < 4.78 is 0. The van der Waals surface area contributed by atoms with Crippen LogP contribution in [0, 0.1) is 20.8 Å². The van der Waals surface area contributed by atoms with Gasteiger partial charge in [-0.3, -0.25) is 0 Å². The highest BCUT2D eigenvalue weighted by atomic mass is 16.2. The van der Waals surface area contributed by atoms with Crippen molar-refractivity contribution in [3.05, 3.63) is 70.3 Å². The molecule has 2 amide bonds. The van der Waals surface area contributed by atoms with E-state index in [1.165, 1.54) is 16.7 Å². The summed E-state index contributed by atoms with van der Waals surface area (Å²) >= 11 is 0. The summed E-state index contributed by atoms with van der Waals surface area (Å²) in [5.74, 6) is 0. The van der Waals surface area contributed by atoms with Crippen molar-refractivity contribution in [2.75, 3.05) is 0 Å². The molecule has 2 aromatic rings. The molecular weight excluding hydrogens is 286 g/mol. The zero-order valence-corrected chi connectivity index (χ0v) is 13.6. The third kappa shape index (κ3) is 4.54. The van der Waals surface area contributed by atoms with Gasteiger partial charge in [0.25, 0.3) is 0 Å². The highest BCUT2D eigenvalue weighted by Gasteiger charge is 2.05. The topological polar surface area (TPSA) is 67.5 Å². The molecule has 0 unspecified atom stereocenters. The maximum absolute atomic E-state index is 10.8. The molecule has 0 saturated carbocycles. The van der Waals surface area contributed by atoms with Crippen molar-refractivity contribution in [1.29, 1.82) is 0 Å². The first-order valence-electron chi connectivity index (χ1n) is 7.41. The largest absolute Gasteiger partial charge is 0.350 e. The van der Waals surface area contributed by atoms with E-state index in [1.54, 1.807) is 6.21 Å². The van der Waals surface area contributed by atoms with Crippen molar-refractivity contribution in [2.45, 2.75) is 20.8 Å². The van der Waals surface area contributed by atoms with Crippen LogP contribution in [-0.2, 0) is 0 Å². The Morgan fingerprint density at radius 2 is 1.70 bits per heavy atom. The molecule has 23 heavy (non-hydrogen) atoms. The van der Waals surface area contributed by atoms with Crippen molar-refractivity contribution in [1.82, 2.24) is 5.43 Å². The molecule has 118 valence electrons. The first kappa shape index (κ1) is 16.5. The van der Waals surface area contributed by atoms with Crippen molar-refractivity contribution in [2.24, 2.45) is 10.8 Å². The Morgan fingerprint density at radius 1 is 1.09 bits per heavy atom. The monoisotopic (exact) mass is 307 g/mol. The molecular formula is C19H21N3O. The predicted octanol–water partition coefficient (Wildman–Crippen LogP) is 3.81. The number of primary amides is 1. The predicted molar refractivity (Wildman–Crippen MR) is 96.2 cm³/mol.